The minimum Gasteiger partial charge on any atom is -0.333 e. The zero-order chi connectivity index (χ0) is 16.4. The van der Waals surface area contributed by atoms with Crippen LogP contribution in [0.3, 0.4) is 0 Å². The summed E-state index contributed by atoms with van der Waals surface area (Å²) in [7, 11) is 0. The number of nitrogens with zero attached hydrogens (tertiary/aromatic N) is 7. The molecular formula is C17H21N7. The number of aryl methyl sites for hydroxylation is 1. The molecule has 0 radical (unpaired) electrons. The third-order valence-corrected chi connectivity index (χ3v) is 4.38. The summed E-state index contributed by atoms with van der Waals surface area (Å²) >= 11 is 0. The van der Waals surface area contributed by atoms with Crippen molar-refractivity contribution in [1.82, 2.24) is 34.2 Å². The highest BCUT2D eigenvalue weighted by atomic mass is 15.3. The van der Waals surface area contributed by atoms with Crippen LogP contribution in [0.2, 0.25) is 0 Å². The summed E-state index contributed by atoms with van der Waals surface area (Å²) in [5, 5.41) is 4.26. The van der Waals surface area contributed by atoms with Gasteiger partial charge in [0.1, 0.15) is 18.5 Å². The number of pyridine rings is 1. The number of rotatable bonds is 4. The molecule has 0 aromatic carbocycles. The summed E-state index contributed by atoms with van der Waals surface area (Å²) in [6.45, 7) is 6.51. The first-order valence-electron chi connectivity index (χ1n) is 8.23. The van der Waals surface area contributed by atoms with E-state index < -0.39 is 0 Å². The number of fused-ring (bicyclic) bond motifs is 1. The van der Waals surface area contributed by atoms with Crippen molar-refractivity contribution < 1.29 is 0 Å². The van der Waals surface area contributed by atoms with Crippen molar-refractivity contribution in [2.24, 2.45) is 5.92 Å². The lowest BCUT2D eigenvalue weighted by Gasteiger charge is -2.23. The van der Waals surface area contributed by atoms with Gasteiger partial charge >= 0.3 is 0 Å². The Morgan fingerprint density at radius 3 is 3.04 bits per heavy atom. The molecular weight excluding hydrogens is 302 g/mol. The summed E-state index contributed by atoms with van der Waals surface area (Å²) in [4.78, 5) is 15.6. The van der Waals surface area contributed by atoms with Crippen LogP contribution in [-0.4, -0.2) is 40.7 Å². The van der Waals surface area contributed by atoms with Gasteiger partial charge in [-0.15, -0.1) is 0 Å². The number of hydrogen-bond donors (Lipinski definition) is 0. The van der Waals surface area contributed by atoms with Crippen molar-refractivity contribution >= 4 is 0 Å². The topological polar surface area (TPSA) is 64.7 Å². The van der Waals surface area contributed by atoms with Crippen molar-refractivity contribution in [1.29, 1.82) is 0 Å². The molecule has 0 unspecified atom stereocenters. The summed E-state index contributed by atoms with van der Waals surface area (Å²) in [5.41, 5.74) is 2.16. The number of imidazole rings is 1. The highest BCUT2D eigenvalue weighted by molar-refractivity contribution is 5.10. The van der Waals surface area contributed by atoms with Gasteiger partial charge in [-0.3, -0.25) is 14.6 Å². The monoisotopic (exact) mass is 323 g/mol. The van der Waals surface area contributed by atoms with E-state index in [1.165, 1.54) is 0 Å². The van der Waals surface area contributed by atoms with Gasteiger partial charge in [0.2, 0.25) is 0 Å². The van der Waals surface area contributed by atoms with Crippen LogP contribution in [-0.2, 0) is 26.2 Å². The van der Waals surface area contributed by atoms with E-state index >= 15 is 0 Å². The van der Waals surface area contributed by atoms with Crippen LogP contribution < -0.4 is 0 Å². The predicted molar refractivity (Wildman–Crippen MR) is 88.8 cm³/mol. The lowest BCUT2D eigenvalue weighted by Crippen LogP contribution is -2.30. The number of aromatic nitrogens is 6. The molecule has 0 fully saturated rings. The Morgan fingerprint density at radius 1 is 1.25 bits per heavy atom. The van der Waals surface area contributed by atoms with Crippen molar-refractivity contribution in [3.8, 4) is 0 Å². The molecule has 0 saturated carbocycles. The van der Waals surface area contributed by atoms with Crippen LogP contribution in [0.1, 0.15) is 17.2 Å². The maximum Gasteiger partial charge on any atom is 0.137 e. The van der Waals surface area contributed by atoms with Gasteiger partial charge in [0, 0.05) is 50.2 Å². The van der Waals surface area contributed by atoms with E-state index in [0.717, 1.165) is 49.9 Å². The molecule has 7 heteroatoms. The first kappa shape index (κ1) is 15.0. The summed E-state index contributed by atoms with van der Waals surface area (Å²) in [5.74, 6) is 1.57. The minimum atomic E-state index is 0.451. The van der Waals surface area contributed by atoms with Crippen LogP contribution in [0.4, 0.5) is 0 Å². The second-order valence-corrected chi connectivity index (χ2v) is 6.42. The maximum atomic E-state index is 4.65. The summed E-state index contributed by atoms with van der Waals surface area (Å²) in [6.07, 6.45) is 7.33. The summed E-state index contributed by atoms with van der Waals surface area (Å²) in [6, 6.07) is 6.20. The average molecular weight is 323 g/mol. The summed E-state index contributed by atoms with van der Waals surface area (Å²) < 4.78 is 4.17. The van der Waals surface area contributed by atoms with E-state index in [1.807, 2.05) is 23.9 Å². The number of hydrogen-bond acceptors (Lipinski definition) is 5. The molecule has 0 bridgehead atoms. The van der Waals surface area contributed by atoms with E-state index in [9.17, 15) is 0 Å². The quantitative estimate of drug-likeness (QED) is 0.728. The van der Waals surface area contributed by atoms with Gasteiger partial charge in [0.15, 0.2) is 0 Å². The third-order valence-electron chi connectivity index (χ3n) is 4.38. The molecule has 0 amide bonds. The molecule has 1 aliphatic heterocycles. The first-order chi connectivity index (χ1) is 11.8. The Labute approximate surface area is 141 Å². The molecule has 4 rings (SSSR count). The maximum absolute atomic E-state index is 4.65. The average Bonchev–Trinajstić information content (AvgIpc) is 3.17. The lowest BCUT2D eigenvalue weighted by atomic mass is 10.1. The van der Waals surface area contributed by atoms with Gasteiger partial charge in [-0.05, 0) is 19.1 Å². The smallest absolute Gasteiger partial charge is 0.137 e. The molecule has 0 N–H and O–H groups in total. The molecule has 1 aliphatic rings. The van der Waals surface area contributed by atoms with Gasteiger partial charge < -0.3 is 4.57 Å². The van der Waals surface area contributed by atoms with Crippen LogP contribution in [0.15, 0.2) is 43.2 Å². The Kier molecular flexibility index (Phi) is 4.08. The van der Waals surface area contributed by atoms with Gasteiger partial charge in [-0.2, -0.15) is 5.10 Å². The highest BCUT2D eigenvalue weighted by Crippen LogP contribution is 2.18. The Hall–Kier alpha value is -2.54. The van der Waals surface area contributed by atoms with Gasteiger partial charge in [0.05, 0.1) is 12.2 Å². The highest BCUT2D eigenvalue weighted by Gasteiger charge is 2.23. The van der Waals surface area contributed by atoms with Gasteiger partial charge in [-0.25, -0.2) is 9.97 Å². The van der Waals surface area contributed by atoms with Crippen LogP contribution in [0, 0.1) is 12.8 Å². The fourth-order valence-electron chi connectivity index (χ4n) is 3.37. The predicted octanol–water partition coefficient (Wildman–Crippen LogP) is 1.51. The molecule has 0 spiro atoms. The molecule has 0 saturated heterocycles. The molecule has 7 nitrogen and oxygen atoms in total. The molecule has 1 atom stereocenters. The van der Waals surface area contributed by atoms with Gasteiger partial charge in [-0.1, -0.05) is 6.07 Å². The molecule has 4 heterocycles. The second-order valence-electron chi connectivity index (χ2n) is 6.42. The largest absolute Gasteiger partial charge is 0.333 e. The van der Waals surface area contributed by atoms with Crippen molar-refractivity contribution in [3.63, 3.8) is 0 Å². The molecule has 124 valence electrons. The van der Waals surface area contributed by atoms with Crippen LogP contribution in [0.5, 0.6) is 0 Å². The van der Waals surface area contributed by atoms with Gasteiger partial charge in [0.25, 0.3) is 0 Å². The zero-order valence-electron chi connectivity index (χ0n) is 13.8. The zero-order valence-corrected chi connectivity index (χ0v) is 13.8. The molecule has 3 aromatic heterocycles. The lowest BCUT2D eigenvalue weighted by molar-refractivity contribution is 0.203. The minimum absolute atomic E-state index is 0.451. The standard InChI is InChI=1S/C17H21N7/c1-14-3-2-4-16(21-14)10-22-7-15(9-24-13-18-12-20-24)8-23-6-5-19-17(23)11-22/h2-6,12-13,15H,7-11H2,1H3/t15-/m0/s1. The first-order valence-corrected chi connectivity index (χ1v) is 8.23. The molecule has 24 heavy (non-hydrogen) atoms. The van der Waals surface area contributed by atoms with Crippen molar-refractivity contribution in [3.05, 3.63) is 60.5 Å². The normalized spacial score (nSPS) is 18.3. The van der Waals surface area contributed by atoms with E-state index in [-0.39, 0.29) is 0 Å². The van der Waals surface area contributed by atoms with Crippen LogP contribution in [0.25, 0.3) is 0 Å². The molecule has 3 aromatic rings. The Morgan fingerprint density at radius 2 is 2.21 bits per heavy atom. The van der Waals surface area contributed by atoms with E-state index in [4.69, 9.17) is 0 Å². The Balaban J connectivity index is 1.54. The Bertz CT molecular complexity index is 793. The van der Waals surface area contributed by atoms with E-state index in [1.54, 1.807) is 12.7 Å². The fraction of sp³-hybridized carbons (Fsp3) is 0.412. The van der Waals surface area contributed by atoms with E-state index in [0.29, 0.717) is 5.92 Å². The second kappa shape index (κ2) is 6.52. The van der Waals surface area contributed by atoms with Crippen molar-refractivity contribution in [2.45, 2.75) is 33.1 Å². The van der Waals surface area contributed by atoms with Crippen LogP contribution >= 0.6 is 0 Å². The fourth-order valence-corrected chi connectivity index (χ4v) is 3.37. The molecule has 0 aliphatic carbocycles. The SMILES string of the molecule is Cc1cccc(CN2Cc3nccn3C[C@@H](Cn3cncn3)C2)n1. The third kappa shape index (κ3) is 3.35. The van der Waals surface area contributed by atoms with Crippen molar-refractivity contribution in [2.75, 3.05) is 6.54 Å². The van der Waals surface area contributed by atoms with E-state index in [2.05, 4.69) is 47.8 Å².